The fourth-order valence-electron chi connectivity index (χ4n) is 1.50. The van der Waals surface area contributed by atoms with E-state index in [4.69, 9.17) is 0 Å². The van der Waals surface area contributed by atoms with Crippen molar-refractivity contribution < 1.29 is 18.3 Å². The quantitative estimate of drug-likeness (QED) is 0.743. The van der Waals surface area contributed by atoms with Crippen molar-refractivity contribution in [3.63, 3.8) is 0 Å². The number of carbonyl (C=O) groups is 1. The van der Waals surface area contributed by atoms with Gasteiger partial charge in [-0.3, -0.25) is 4.79 Å². The number of benzene rings is 1. The molecule has 0 saturated heterocycles. The van der Waals surface area contributed by atoms with E-state index in [9.17, 15) is 13.6 Å². The Balaban J connectivity index is 2.95. The maximum absolute atomic E-state index is 13.3. The van der Waals surface area contributed by atoms with Crippen LogP contribution in [-0.4, -0.2) is 13.1 Å². The molecule has 1 rings (SSSR count). The van der Waals surface area contributed by atoms with Crippen LogP contribution in [0.15, 0.2) is 18.2 Å². The highest BCUT2D eigenvalue weighted by molar-refractivity contribution is 5.76. The molecule has 4 heteroatoms. The minimum atomic E-state index is -0.872. The number of rotatable bonds is 3. The number of esters is 1. The van der Waals surface area contributed by atoms with Crippen LogP contribution in [-0.2, 0) is 16.0 Å². The molecule has 16 heavy (non-hydrogen) atoms. The Labute approximate surface area is 93.2 Å². The Bertz CT molecular complexity index is 400. The van der Waals surface area contributed by atoms with Crippen LogP contribution in [0, 0.1) is 17.0 Å². The summed E-state index contributed by atoms with van der Waals surface area (Å²) in [5.74, 6) is -1.48. The minimum absolute atomic E-state index is 0.100. The summed E-state index contributed by atoms with van der Waals surface area (Å²) in [6.45, 7) is 3.26. The van der Waals surface area contributed by atoms with E-state index in [-0.39, 0.29) is 12.0 Å². The molecular formula is C12H14F2O2. The monoisotopic (exact) mass is 228 g/mol. The molecule has 0 amide bonds. The first kappa shape index (κ1) is 12.6. The van der Waals surface area contributed by atoms with E-state index in [0.29, 0.717) is 0 Å². The summed E-state index contributed by atoms with van der Waals surface area (Å²) in [7, 11) is 1.27. The molecule has 0 saturated carbocycles. The van der Waals surface area contributed by atoms with Crippen molar-refractivity contribution in [3.05, 3.63) is 35.4 Å². The maximum atomic E-state index is 13.3. The highest BCUT2D eigenvalue weighted by atomic mass is 19.1. The molecule has 0 spiro atoms. The van der Waals surface area contributed by atoms with Gasteiger partial charge in [0.25, 0.3) is 0 Å². The Kier molecular flexibility index (Phi) is 3.62. The third kappa shape index (κ3) is 2.78. The van der Waals surface area contributed by atoms with Gasteiger partial charge in [-0.25, -0.2) is 8.78 Å². The topological polar surface area (TPSA) is 26.3 Å². The number of carbonyl (C=O) groups excluding carboxylic acids is 1. The molecule has 0 fully saturated rings. The molecular weight excluding hydrogens is 214 g/mol. The number of hydrogen-bond acceptors (Lipinski definition) is 2. The van der Waals surface area contributed by atoms with Gasteiger partial charge in [-0.05, 0) is 44.0 Å². The molecule has 0 unspecified atom stereocenters. The highest BCUT2D eigenvalue weighted by Gasteiger charge is 2.30. The molecule has 0 aromatic heterocycles. The van der Waals surface area contributed by atoms with Crippen LogP contribution in [0.1, 0.15) is 19.4 Å². The van der Waals surface area contributed by atoms with Gasteiger partial charge in [0.05, 0.1) is 12.5 Å². The molecule has 0 atom stereocenters. The second kappa shape index (κ2) is 4.60. The van der Waals surface area contributed by atoms with Crippen LogP contribution < -0.4 is 0 Å². The molecule has 0 radical (unpaired) electrons. The Hall–Kier alpha value is -1.45. The number of halogens is 2. The predicted octanol–water partition coefficient (Wildman–Crippen LogP) is 2.71. The van der Waals surface area contributed by atoms with E-state index in [1.807, 2.05) is 0 Å². The average molecular weight is 228 g/mol. The van der Waals surface area contributed by atoms with Crippen LogP contribution >= 0.6 is 0 Å². The van der Waals surface area contributed by atoms with Crippen LogP contribution in [0.3, 0.4) is 0 Å². The second-order valence-corrected chi connectivity index (χ2v) is 4.29. The molecule has 88 valence electrons. The van der Waals surface area contributed by atoms with Gasteiger partial charge in [-0.1, -0.05) is 0 Å². The predicted molar refractivity (Wildman–Crippen MR) is 55.9 cm³/mol. The van der Waals surface area contributed by atoms with E-state index in [1.165, 1.54) is 7.11 Å². The van der Waals surface area contributed by atoms with Crippen molar-refractivity contribution in [2.24, 2.45) is 5.41 Å². The average Bonchev–Trinajstić information content (AvgIpc) is 2.22. The summed E-state index contributed by atoms with van der Waals surface area (Å²) >= 11 is 0. The third-order valence-corrected chi connectivity index (χ3v) is 2.38. The molecule has 0 aliphatic rings. The zero-order valence-corrected chi connectivity index (χ0v) is 9.51. The number of ether oxygens (including phenoxy) is 1. The highest BCUT2D eigenvalue weighted by Crippen LogP contribution is 2.25. The normalized spacial score (nSPS) is 11.3. The number of hydrogen-bond donors (Lipinski definition) is 0. The van der Waals surface area contributed by atoms with Crippen LogP contribution in [0.25, 0.3) is 0 Å². The molecule has 0 N–H and O–H groups in total. The summed E-state index contributed by atoms with van der Waals surface area (Å²) in [6.07, 6.45) is 0.100. The first-order valence-electron chi connectivity index (χ1n) is 4.89. The van der Waals surface area contributed by atoms with E-state index in [0.717, 1.165) is 18.2 Å². The van der Waals surface area contributed by atoms with Crippen LogP contribution in [0.4, 0.5) is 8.78 Å². The zero-order valence-electron chi connectivity index (χ0n) is 9.51. The van der Waals surface area contributed by atoms with Crippen molar-refractivity contribution in [1.82, 2.24) is 0 Å². The Morgan fingerprint density at radius 3 is 2.56 bits per heavy atom. The summed E-state index contributed by atoms with van der Waals surface area (Å²) < 4.78 is 30.9. The standard InChI is InChI=1S/C12H14F2O2/c1-12(2,11(15)16-3)7-8-6-9(13)4-5-10(8)14/h4-6H,7H2,1-3H3. The first-order valence-corrected chi connectivity index (χ1v) is 4.89. The van der Waals surface area contributed by atoms with Gasteiger partial charge in [0.2, 0.25) is 0 Å². The van der Waals surface area contributed by atoms with Crippen molar-refractivity contribution in [2.75, 3.05) is 7.11 Å². The fourth-order valence-corrected chi connectivity index (χ4v) is 1.50. The van der Waals surface area contributed by atoms with Crippen LogP contribution in [0.5, 0.6) is 0 Å². The largest absolute Gasteiger partial charge is 0.469 e. The van der Waals surface area contributed by atoms with Gasteiger partial charge in [0.1, 0.15) is 11.6 Å². The van der Waals surface area contributed by atoms with E-state index in [1.54, 1.807) is 13.8 Å². The summed E-state index contributed by atoms with van der Waals surface area (Å²) in [6, 6.07) is 3.20. The lowest BCUT2D eigenvalue weighted by Crippen LogP contribution is -2.28. The summed E-state index contributed by atoms with van der Waals surface area (Å²) in [4.78, 5) is 11.4. The number of methoxy groups -OCH3 is 1. The molecule has 0 bridgehead atoms. The molecule has 0 heterocycles. The van der Waals surface area contributed by atoms with Gasteiger partial charge < -0.3 is 4.74 Å². The van der Waals surface area contributed by atoms with Gasteiger partial charge in [0, 0.05) is 0 Å². The van der Waals surface area contributed by atoms with Crippen molar-refractivity contribution in [2.45, 2.75) is 20.3 Å². The lowest BCUT2D eigenvalue weighted by atomic mass is 9.85. The van der Waals surface area contributed by atoms with Crippen molar-refractivity contribution in [1.29, 1.82) is 0 Å². The summed E-state index contributed by atoms with van der Waals surface area (Å²) in [5, 5.41) is 0. The Morgan fingerprint density at radius 2 is 2.00 bits per heavy atom. The SMILES string of the molecule is COC(=O)C(C)(C)Cc1cc(F)ccc1F. The minimum Gasteiger partial charge on any atom is -0.469 e. The fraction of sp³-hybridized carbons (Fsp3) is 0.417. The Morgan fingerprint density at radius 1 is 1.38 bits per heavy atom. The van der Waals surface area contributed by atoms with Gasteiger partial charge in [-0.15, -0.1) is 0 Å². The van der Waals surface area contributed by atoms with Crippen molar-refractivity contribution >= 4 is 5.97 Å². The third-order valence-electron chi connectivity index (χ3n) is 2.38. The molecule has 0 aliphatic carbocycles. The molecule has 2 nitrogen and oxygen atoms in total. The van der Waals surface area contributed by atoms with Gasteiger partial charge in [-0.2, -0.15) is 0 Å². The van der Waals surface area contributed by atoms with E-state index >= 15 is 0 Å². The zero-order chi connectivity index (χ0) is 12.3. The lowest BCUT2D eigenvalue weighted by Gasteiger charge is -2.21. The second-order valence-electron chi connectivity index (χ2n) is 4.29. The van der Waals surface area contributed by atoms with E-state index < -0.39 is 23.0 Å². The molecule has 1 aromatic rings. The summed E-state index contributed by atoms with van der Waals surface area (Å²) in [5.41, 5.74) is -0.695. The van der Waals surface area contributed by atoms with Crippen LogP contribution in [0.2, 0.25) is 0 Å². The lowest BCUT2D eigenvalue weighted by molar-refractivity contribution is -0.150. The molecule has 1 aromatic carbocycles. The van der Waals surface area contributed by atoms with Crippen molar-refractivity contribution in [3.8, 4) is 0 Å². The smallest absolute Gasteiger partial charge is 0.311 e. The van der Waals surface area contributed by atoms with Gasteiger partial charge >= 0.3 is 5.97 Å². The van der Waals surface area contributed by atoms with Gasteiger partial charge in [0.15, 0.2) is 0 Å². The maximum Gasteiger partial charge on any atom is 0.311 e. The van der Waals surface area contributed by atoms with E-state index in [2.05, 4.69) is 4.74 Å². The molecule has 0 aliphatic heterocycles. The first-order chi connectivity index (χ1) is 7.36.